The Labute approximate surface area is 113 Å². The molecular weight excluding hydrogens is 248 g/mol. The van der Waals surface area contributed by atoms with E-state index in [-0.39, 0.29) is 18.5 Å². The molecule has 0 aromatic rings. The van der Waals surface area contributed by atoms with E-state index in [0.29, 0.717) is 26.1 Å². The van der Waals surface area contributed by atoms with Gasteiger partial charge in [-0.15, -0.1) is 12.3 Å². The molecule has 6 nitrogen and oxygen atoms in total. The lowest BCUT2D eigenvalue weighted by Gasteiger charge is -2.33. The number of aliphatic carboxylic acids is 1. The average Bonchev–Trinajstić information content (AvgIpc) is 2.37. The third kappa shape index (κ3) is 5.18. The molecular formula is C13H20N2O4. The molecule has 1 aliphatic rings. The van der Waals surface area contributed by atoms with Crippen LogP contribution >= 0.6 is 0 Å². The van der Waals surface area contributed by atoms with Crippen molar-refractivity contribution in [3.63, 3.8) is 0 Å². The molecule has 1 fully saturated rings. The maximum absolute atomic E-state index is 12.0. The number of terminal acetylenes is 1. The minimum atomic E-state index is -0.925. The van der Waals surface area contributed by atoms with Crippen LogP contribution in [0.1, 0.15) is 26.2 Å². The topological polar surface area (TPSA) is 78.9 Å². The van der Waals surface area contributed by atoms with Gasteiger partial charge in [0.1, 0.15) is 0 Å². The zero-order chi connectivity index (χ0) is 14.3. The summed E-state index contributed by atoms with van der Waals surface area (Å²) < 4.78 is 5.31. The number of ether oxygens (including phenoxy) is 1. The Morgan fingerprint density at radius 1 is 1.63 bits per heavy atom. The number of carbonyl (C=O) groups excluding carboxylic acids is 1. The summed E-state index contributed by atoms with van der Waals surface area (Å²) in [6.07, 6.45) is 5.96. The van der Waals surface area contributed by atoms with Crippen LogP contribution in [0.3, 0.4) is 0 Å². The fraction of sp³-hybridized carbons (Fsp3) is 0.692. The molecule has 2 N–H and O–H groups in total. The van der Waals surface area contributed by atoms with Crippen molar-refractivity contribution >= 4 is 12.0 Å². The number of hydrogen-bond acceptors (Lipinski definition) is 3. The second kappa shape index (κ2) is 7.64. The van der Waals surface area contributed by atoms with Gasteiger partial charge in [0.2, 0.25) is 0 Å². The second-order valence-electron chi connectivity index (χ2n) is 4.50. The molecule has 106 valence electrons. The largest absolute Gasteiger partial charge is 0.481 e. The van der Waals surface area contributed by atoms with Crippen molar-refractivity contribution in [3.05, 3.63) is 0 Å². The van der Waals surface area contributed by atoms with Crippen LogP contribution in [0.25, 0.3) is 0 Å². The number of amides is 2. The van der Waals surface area contributed by atoms with Gasteiger partial charge in [0.05, 0.1) is 19.1 Å². The van der Waals surface area contributed by atoms with E-state index in [1.54, 1.807) is 4.90 Å². The van der Waals surface area contributed by atoms with Gasteiger partial charge in [0, 0.05) is 25.6 Å². The molecule has 0 saturated carbocycles. The lowest BCUT2D eigenvalue weighted by atomic mass is 10.1. The van der Waals surface area contributed by atoms with Crippen molar-refractivity contribution in [3.8, 4) is 12.3 Å². The average molecular weight is 268 g/mol. The molecule has 19 heavy (non-hydrogen) atoms. The molecule has 1 aliphatic heterocycles. The number of carboxylic acid groups (broad SMARTS) is 1. The summed E-state index contributed by atoms with van der Waals surface area (Å²) >= 11 is 0. The first-order chi connectivity index (χ1) is 9.06. The molecule has 0 bridgehead atoms. The summed E-state index contributed by atoms with van der Waals surface area (Å²) in [5.41, 5.74) is 0. The fourth-order valence-corrected chi connectivity index (χ4v) is 1.93. The normalized spacial score (nSPS) is 20.4. The number of nitrogens with one attached hydrogen (secondary N) is 1. The van der Waals surface area contributed by atoms with Crippen molar-refractivity contribution in [1.82, 2.24) is 10.2 Å². The first-order valence-corrected chi connectivity index (χ1v) is 6.39. The second-order valence-corrected chi connectivity index (χ2v) is 4.50. The minimum absolute atomic E-state index is 0.0433. The number of carbonyl (C=O) groups is 2. The van der Waals surface area contributed by atoms with E-state index < -0.39 is 12.1 Å². The Balaban J connectivity index is 2.47. The van der Waals surface area contributed by atoms with Gasteiger partial charge < -0.3 is 20.1 Å². The number of morpholine rings is 1. The Morgan fingerprint density at radius 3 is 2.95 bits per heavy atom. The molecule has 0 radical (unpaired) electrons. The Hall–Kier alpha value is -1.74. The maximum atomic E-state index is 12.0. The van der Waals surface area contributed by atoms with Crippen LogP contribution in [0.5, 0.6) is 0 Å². The van der Waals surface area contributed by atoms with Crippen LogP contribution < -0.4 is 5.32 Å². The first-order valence-electron chi connectivity index (χ1n) is 6.39. The minimum Gasteiger partial charge on any atom is -0.481 e. The lowest BCUT2D eigenvalue weighted by molar-refractivity contribution is -0.141. The van der Waals surface area contributed by atoms with Crippen LogP contribution in [-0.4, -0.2) is 53.8 Å². The predicted molar refractivity (Wildman–Crippen MR) is 69.6 cm³/mol. The van der Waals surface area contributed by atoms with E-state index in [1.165, 1.54) is 0 Å². The predicted octanol–water partition coefficient (Wildman–Crippen LogP) is 0.673. The zero-order valence-electron chi connectivity index (χ0n) is 11.1. The van der Waals surface area contributed by atoms with E-state index in [2.05, 4.69) is 11.2 Å². The highest BCUT2D eigenvalue weighted by Gasteiger charge is 2.26. The van der Waals surface area contributed by atoms with Gasteiger partial charge >= 0.3 is 12.0 Å². The molecule has 1 heterocycles. The fourth-order valence-electron chi connectivity index (χ4n) is 1.93. The van der Waals surface area contributed by atoms with Crippen LogP contribution in [0.2, 0.25) is 0 Å². The van der Waals surface area contributed by atoms with E-state index in [9.17, 15) is 9.59 Å². The van der Waals surface area contributed by atoms with Gasteiger partial charge in [-0.2, -0.15) is 0 Å². The first kappa shape index (κ1) is 15.3. The van der Waals surface area contributed by atoms with Gasteiger partial charge in [0.25, 0.3) is 0 Å². The Kier molecular flexibility index (Phi) is 6.16. The molecule has 2 unspecified atom stereocenters. The van der Waals surface area contributed by atoms with Crippen molar-refractivity contribution in [2.24, 2.45) is 0 Å². The Bertz CT molecular complexity index is 364. The van der Waals surface area contributed by atoms with Crippen LogP contribution in [0.15, 0.2) is 0 Å². The molecule has 2 atom stereocenters. The van der Waals surface area contributed by atoms with Crippen molar-refractivity contribution in [2.45, 2.75) is 38.3 Å². The molecule has 0 spiro atoms. The number of hydrogen-bond donors (Lipinski definition) is 2. The number of urea groups is 1. The molecule has 0 aromatic heterocycles. The highest BCUT2D eigenvalue weighted by atomic mass is 16.5. The monoisotopic (exact) mass is 268 g/mol. The van der Waals surface area contributed by atoms with Gasteiger partial charge in [-0.05, 0) is 6.42 Å². The maximum Gasteiger partial charge on any atom is 0.317 e. The van der Waals surface area contributed by atoms with Gasteiger partial charge in [0.15, 0.2) is 0 Å². The van der Waals surface area contributed by atoms with Crippen molar-refractivity contribution < 1.29 is 19.4 Å². The molecule has 0 aliphatic carbocycles. The highest BCUT2D eigenvalue weighted by molar-refractivity contribution is 5.75. The van der Waals surface area contributed by atoms with Crippen LogP contribution in [0.4, 0.5) is 4.79 Å². The van der Waals surface area contributed by atoms with Crippen molar-refractivity contribution in [1.29, 1.82) is 0 Å². The third-order valence-electron chi connectivity index (χ3n) is 3.01. The molecule has 0 aromatic carbocycles. The molecule has 6 heteroatoms. The van der Waals surface area contributed by atoms with Crippen LogP contribution in [-0.2, 0) is 9.53 Å². The number of nitrogens with zero attached hydrogens (tertiary/aromatic N) is 1. The summed E-state index contributed by atoms with van der Waals surface area (Å²) in [4.78, 5) is 24.2. The Morgan fingerprint density at radius 2 is 2.37 bits per heavy atom. The quantitative estimate of drug-likeness (QED) is 0.718. The van der Waals surface area contributed by atoms with Crippen molar-refractivity contribution in [2.75, 3.05) is 19.7 Å². The third-order valence-corrected chi connectivity index (χ3v) is 3.01. The molecule has 1 saturated heterocycles. The number of carboxylic acids is 1. The zero-order valence-corrected chi connectivity index (χ0v) is 11.1. The van der Waals surface area contributed by atoms with Gasteiger partial charge in [-0.1, -0.05) is 6.92 Å². The number of rotatable bonds is 5. The summed E-state index contributed by atoms with van der Waals surface area (Å²) in [7, 11) is 0. The molecule has 2 amide bonds. The molecule has 1 rings (SSSR count). The van der Waals surface area contributed by atoms with E-state index in [4.69, 9.17) is 16.3 Å². The summed E-state index contributed by atoms with van der Waals surface area (Å²) in [6, 6.07) is -0.251. The summed E-state index contributed by atoms with van der Waals surface area (Å²) in [5.74, 6) is 1.60. The smallest absolute Gasteiger partial charge is 0.317 e. The van der Waals surface area contributed by atoms with Gasteiger partial charge in [-0.25, -0.2) is 4.79 Å². The van der Waals surface area contributed by atoms with Gasteiger partial charge in [-0.3, -0.25) is 4.79 Å². The van der Waals surface area contributed by atoms with E-state index >= 15 is 0 Å². The summed E-state index contributed by atoms with van der Waals surface area (Å²) in [6.45, 7) is 3.07. The SMILES string of the molecule is C#CCC(CC)NC(=O)N1CCOC(CC(=O)O)C1. The standard InChI is InChI=1S/C13H20N2O4/c1-3-5-10(4-2)14-13(18)15-6-7-19-11(9-15)8-12(16)17/h1,10-11H,4-9H2,2H3,(H,14,18)(H,16,17). The van der Waals surface area contributed by atoms with E-state index in [1.807, 2.05) is 6.92 Å². The highest BCUT2D eigenvalue weighted by Crippen LogP contribution is 2.09. The van der Waals surface area contributed by atoms with E-state index in [0.717, 1.165) is 6.42 Å². The van der Waals surface area contributed by atoms with Crippen LogP contribution in [0, 0.1) is 12.3 Å². The summed E-state index contributed by atoms with van der Waals surface area (Å²) in [5, 5.41) is 11.6. The lowest BCUT2D eigenvalue weighted by Crippen LogP contribution is -2.52.